The number of nitriles is 1. The highest BCUT2D eigenvalue weighted by Crippen LogP contribution is 2.27. The zero-order chi connectivity index (χ0) is 13.5. The molecule has 0 aliphatic carbocycles. The molecule has 0 aromatic carbocycles. The molecule has 1 aromatic heterocycles. The number of hydrogen-bond acceptors (Lipinski definition) is 5. The number of rotatable bonds is 7. The van der Waals surface area contributed by atoms with Crippen molar-refractivity contribution in [1.82, 2.24) is 4.57 Å². The van der Waals surface area contributed by atoms with Gasteiger partial charge in [0.2, 0.25) is 5.88 Å². The molecule has 1 aromatic rings. The fraction of sp³-hybridized carbons (Fsp3) is 0.583. The van der Waals surface area contributed by atoms with Crippen molar-refractivity contribution in [2.45, 2.75) is 19.6 Å². The Labute approximate surface area is 107 Å². The van der Waals surface area contributed by atoms with Crippen molar-refractivity contribution in [3.8, 4) is 11.9 Å². The highest BCUT2D eigenvalue weighted by Gasteiger charge is 2.16. The minimum absolute atomic E-state index is 0.139. The van der Waals surface area contributed by atoms with Gasteiger partial charge < -0.3 is 19.9 Å². The Bertz CT molecular complexity index is 423. The number of nitrogens with two attached hydrogens (primary N) is 1. The summed E-state index contributed by atoms with van der Waals surface area (Å²) < 4.78 is 17.4. The third kappa shape index (κ3) is 3.39. The smallest absolute Gasteiger partial charge is 0.218 e. The molecule has 0 saturated carbocycles. The predicted octanol–water partition coefficient (Wildman–Crippen LogP) is 1.00. The van der Waals surface area contributed by atoms with Gasteiger partial charge in [-0.25, -0.2) is 0 Å². The zero-order valence-corrected chi connectivity index (χ0v) is 11.0. The van der Waals surface area contributed by atoms with Crippen molar-refractivity contribution < 1.29 is 14.2 Å². The van der Waals surface area contributed by atoms with E-state index in [9.17, 15) is 0 Å². The summed E-state index contributed by atoms with van der Waals surface area (Å²) in [5.41, 5.74) is 6.77. The number of aromatic nitrogens is 1. The van der Waals surface area contributed by atoms with E-state index in [1.54, 1.807) is 24.9 Å². The van der Waals surface area contributed by atoms with Gasteiger partial charge in [-0.15, -0.1) is 0 Å². The van der Waals surface area contributed by atoms with Gasteiger partial charge in [-0.3, -0.25) is 4.57 Å². The SMILES string of the molecule is COCCn1c(C#N)cc(N)c1OC(C)COC. The standard InChI is InChI=1S/C12H19N3O3/c1-9(8-17-3)18-12-11(14)6-10(7-13)15(12)4-5-16-2/h6,9H,4-5,8,14H2,1-3H3. The Hall–Kier alpha value is -1.71. The van der Waals surface area contributed by atoms with Gasteiger partial charge in [-0.1, -0.05) is 0 Å². The van der Waals surface area contributed by atoms with Crippen LogP contribution in [0.4, 0.5) is 5.69 Å². The summed E-state index contributed by atoms with van der Waals surface area (Å²) in [6, 6.07) is 3.69. The highest BCUT2D eigenvalue weighted by atomic mass is 16.5. The van der Waals surface area contributed by atoms with Crippen LogP contribution in [0.5, 0.6) is 5.88 Å². The normalized spacial score (nSPS) is 12.1. The van der Waals surface area contributed by atoms with Gasteiger partial charge >= 0.3 is 0 Å². The lowest BCUT2D eigenvalue weighted by Crippen LogP contribution is -2.21. The van der Waals surface area contributed by atoms with Gasteiger partial charge in [0.15, 0.2) is 0 Å². The maximum absolute atomic E-state index is 9.05. The summed E-state index contributed by atoms with van der Waals surface area (Å²) in [5.74, 6) is 0.494. The molecule has 0 aliphatic rings. The lowest BCUT2D eigenvalue weighted by atomic mass is 10.4. The summed E-state index contributed by atoms with van der Waals surface area (Å²) in [5, 5.41) is 9.05. The molecule has 6 heteroatoms. The highest BCUT2D eigenvalue weighted by molar-refractivity contribution is 5.55. The van der Waals surface area contributed by atoms with Crippen molar-refractivity contribution in [1.29, 1.82) is 5.26 Å². The molecule has 0 spiro atoms. The molecule has 0 bridgehead atoms. The molecule has 0 saturated heterocycles. The first-order valence-corrected chi connectivity index (χ1v) is 5.67. The Balaban J connectivity index is 2.93. The van der Waals surface area contributed by atoms with Gasteiger partial charge in [0, 0.05) is 20.3 Å². The van der Waals surface area contributed by atoms with Crippen molar-refractivity contribution in [3.05, 3.63) is 11.8 Å². The van der Waals surface area contributed by atoms with E-state index in [1.807, 2.05) is 6.92 Å². The summed E-state index contributed by atoms with van der Waals surface area (Å²) in [7, 11) is 3.21. The fourth-order valence-corrected chi connectivity index (χ4v) is 1.64. The van der Waals surface area contributed by atoms with Crippen molar-refractivity contribution in [3.63, 3.8) is 0 Å². The average molecular weight is 253 g/mol. The first kappa shape index (κ1) is 14.4. The lowest BCUT2D eigenvalue weighted by Gasteiger charge is -2.17. The quantitative estimate of drug-likeness (QED) is 0.784. The summed E-state index contributed by atoms with van der Waals surface area (Å²) in [4.78, 5) is 0. The summed E-state index contributed by atoms with van der Waals surface area (Å²) in [6.07, 6.45) is -0.139. The topological polar surface area (TPSA) is 82.4 Å². The molecular weight excluding hydrogens is 234 g/mol. The van der Waals surface area contributed by atoms with Crippen molar-refractivity contribution in [2.75, 3.05) is 33.2 Å². The molecular formula is C12H19N3O3. The lowest BCUT2D eigenvalue weighted by molar-refractivity contribution is 0.0849. The fourth-order valence-electron chi connectivity index (χ4n) is 1.64. The second-order valence-electron chi connectivity index (χ2n) is 3.93. The van der Waals surface area contributed by atoms with Crippen LogP contribution in [0.1, 0.15) is 12.6 Å². The Kier molecular flexibility index (Phi) is 5.49. The molecule has 1 rings (SSSR count). The molecule has 2 N–H and O–H groups in total. The number of anilines is 1. The van der Waals surface area contributed by atoms with Crippen LogP contribution in [-0.2, 0) is 16.0 Å². The monoisotopic (exact) mass is 253 g/mol. The Morgan fingerprint density at radius 3 is 2.72 bits per heavy atom. The molecule has 6 nitrogen and oxygen atoms in total. The predicted molar refractivity (Wildman–Crippen MR) is 67.4 cm³/mol. The van der Waals surface area contributed by atoms with E-state index in [-0.39, 0.29) is 6.10 Å². The van der Waals surface area contributed by atoms with E-state index in [0.29, 0.717) is 37.0 Å². The van der Waals surface area contributed by atoms with Gasteiger partial charge in [0.1, 0.15) is 17.9 Å². The van der Waals surface area contributed by atoms with Crippen molar-refractivity contribution >= 4 is 5.69 Å². The van der Waals surface area contributed by atoms with Crippen LogP contribution < -0.4 is 10.5 Å². The van der Waals surface area contributed by atoms with E-state index >= 15 is 0 Å². The third-order valence-electron chi connectivity index (χ3n) is 2.42. The van der Waals surface area contributed by atoms with Crippen LogP contribution in [0.3, 0.4) is 0 Å². The maximum Gasteiger partial charge on any atom is 0.218 e. The summed E-state index contributed by atoms with van der Waals surface area (Å²) >= 11 is 0. The molecule has 1 atom stereocenters. The number of ether oxygens (including phenoxy) is 3. The first-order valence-electron chi connectivity index (χ1n) is 5.67. The zero-order valence-electron chi connectivity index (χ0n) is 11.0. The molecule has 0 aliphatic heterocycles. The number of nitrogens with zero attached hydrogens (tertiary/aromatic N) is 2. The molecule has 0 amide bonds. The van der Waals surface area contributed by atoms with Gasteiger partial charge in [0.25, 0.3) is 0 Å². The van der Waals surface area contributed by atoms with Crippen LogP contribution in [-0.4, -0.2) is 38.1 Å². The first-order chi connectivity index (χ1) is 8.63. The molecule has 1 unspecified atom stereocenters. The third-order valence-corrected chi connectivity index (χ3v) is 2.42. The van der Waals surface area contributed by atoms with E-state index in [2.05, 4.69) is 6.07 Å². The second-order valence-corrected chi connectivity index (χ2v) is 3.93. The minimum Gasteiger partial charge on any atom is -0.472 e. The van der Waals surface area contributed by atoms with Crippen LogP contribution in [0, 0.1) is 11.3 Å². The van der Waals surface area contributed by atoms with Crippen LogP contribution in [0.15, 0.2) is 6.07 Å². The minimum atomic E-state index is -0.139. The molecule has 0 fully saturated rings. The van der Waals surface area contributed by atoms with Gasteiger partial charge in [-0.05, 0) is 6.92 Å². The molecule has 100 valence electrons. The number of methoxy groups -OCH3 is 2. The van der Waals surface area contributed by atoms with Gasteiger partial charge in [-0.2, -0.15) is 5.26 Å². The van der Waals surface area contributed by atoms with E-state index in [4.69, 9.17) is 25.2 Å². The van der Waals surface area contributed by atoms with Crippen LogP contribution >= 0.6 is 0 Å². The van der Waals surface area contributed by atoms with Crippen molar-refractivity contribution in [2.24, 2.45) is 0 Å². The number of hydrogen-bond donors (Lipinski definition) is 1. The largest absolute Gasteiger partial charge is 0.472 e. The van der Waals surface area contributed by atoms with E-state index < -0.39 is 0 Å². The molecule has 1 heterocycles. The van der Waals surface area contributed by atoms with Crippen LogP contribution in [0.2, 0.25) is 0 Å². The van der Waals surface area contributed by atoms with E-state index in [1.165, 1.54) is 0 Å². The average Bonchev–Trinajstić information content (AvgIpc) is 2.64. The number of nitrogen functional groups attached to an aromatic ring is 1. The van der Waals surface area contributed by atoms with Gasteiger partial charge in [0.05, 0.1) is 25.4 Å². The molecule has 0 radical (unpaired) electrons. The van der Waals surface area contributed by atoms with Crippen LogP contribution in [0.25, 0.3) is 0 Å². The Morgan fingerprint density at radius 2 is 2.17 bits per heavy atom. The molecule has 18 heavy (non-hydrogen) atoms. The maximum atomic E-state index is 9.05. The summed E-state index contributed by atoms with van der Waals surface area (Å²) in [6.45, 7) is 3.34. The Morgan fingerprint density at radius 1 is 1.44 bits per heavy atom. The second kappa shape index (κ2) is 6.89. The van der Waals surface area contributed by atoms with E-state index in [0.717, 1.165) is 0 Å².